The van der Waals surface area contributed by atoms with Crippen molar-refractivity contribution < 1.29 is 39.5 Å². The minimum absolute atomic E-state index is 0.0255. The first kappa shape index (κ1) is 20.6. The average Bonchev–Trinajstić information content (AvgIpc) is 2.80. The van der Waals surface area contributed by atoms with Gasteiger partial charge in [0, 0.05) is 30.8 Å². The normalized spacial score (nSPS) is 56.5. The third-order valence-corrected chi connectivity index (χ3v) is 9.36. The number of hydrogen-bond acceptors (Lipinski definition) is 8. The zero-order chi connectivity index (χ0) is 21.9. The molecule has 10 unspecified atom stereocenters. The van der Waals surface area contributed by atoms with Crippen LogP contribution in [0.5, 0.6) is 0 Å². The maximum absolute atomic E-state index is 13.6. The number of aliphatic hydroxyl groups excluding tert-OH is 3. The first-order chi connectivity index (χ1) is 14.0. The van der Waals surface area contributed by atoms with Gasteiger partial charge in [0.15, 0.2) is 5.78 Å². The van der Waals surface area contributed by atoms with E-state index in [2.05, 4.69) is 6.58 Å². The molecule has 4 N–H and O–H groups in total. The van der Waals surface area contributed by atoms with Crippen LogP contribution in [0, 0.1) is 34.0 Å². The van der Waals surface area contributed by atoms with E-state index >= 15 is 0 Å². The molecule has 0 aromatic heterocycles. The number of carbonyl (C=O) groups excluding carboxylic acids is 2. The minimum Gasteiger partial charge on any atom is -0.462 e. The highest BCUT2D eigenvalue weighted by Gasteiger charge is 2.87. The van der Waals surface area contributed by atoms with Gasteiger partial charge in [0.05, 0.1) is 12.7 Å². The van der Waals surface area contributed by atoms with Crippen LogP contribution in [0.3, 0.4) is 0 Å². The SMILES string of the molecule is C=C1C(=O)C23C(O)C1CCC2C12COC3(O)C(O)C1C(C)(CO)CCC2OC(C)=O. The summed E-state index contributed by atoms with van der Waals surface area (Å²) in [5.41, 5.74) is -3.29. The summed E-state index contributed by atoms with van der Waals surface area (Å²) in [6.07, 6.45) is -1.51. The highest BCUT2D eigenvalue weighted by molar-refractivity contribution is 6.05. The topological polar surface area (TPSA) is 134 Å². The lowest BCUT2D eigenvalue weighted by Gasteiger charge is -2.74. The molecule has 6 aliphatic rings. The van der Waals surface area contributed by atoms with Crippen molar-refractivity contribution >= 4 is 11.8 Å². The van der Waals surface area contributed by atoms with Crippen LogP contribution < -0.4 is 0 Å². The molecule has 2 saturated heterocycles. The van der Waals surface area contributed by atoms with Crippen molar-refractivity contribution in [3.8, 4) is 0 Å². The predicted octanol–water partition coefficient (Wildman–Crippen LogP) is -0.0812. The second kappa shape index (κ2) is 5.92. The molecule has 2 heterocycles. The Hall–Kier alpha value is -1.32. The lowest BCUT2D eigenvalue weighted by Crippen LogP contribution is -2.86. The maximum Gasteiger partial charge on any atom is 0.302 e. The largest absolute Gasteiger partial charge is 0.462 e. The molecular weight excluding hydrogens is 392 g/mol. The van der Waals surface area contributed by atoms with Gasteiger partial charge in [-0.2, -0.15) is 0 Å². The second-order valence-corrected chi connectivity index (χ2v) is 10.4. The van der Waals surface area contributed by atoms with E-state index in [0.717, 1.165) is 0 Å². The smallest absolute Gasteiger partial charge is 0.302 e. The molecule has 10 atom stereocenters. The van der Waals surface area contributed by atoms with Gasteiger partial charge in [-0.1, -0.05) is 13.5 Å². The molecule has 8 heteroatoms. The Morgan fingerprint density at radius 3 is 2.60 bits per heavy atom. The molecule has 6 fully saturated rings. The molecule has 4 aliphatic carbocycles. The Labute approximate surface area is 174 Å². The summed E-state index contributed by atoms with van der Waals surface area (Å²) in [6, 6.07) is 0. The van der Waals surface area contributed by atoms with E-state index < -0.39 is 69.9 Å². The van der Waals surface area contributed by atoms with E-state index in [1.54, 1.807) is 0 Å². The zero-order valence-corrected chi connectivity index (χ0v) is 17.3. The number of hydrogen-bond donors (Lipinski definition) is 4. The van der Waals surface area contributed by atoms with Gasteiger partial charge >= 0.3 is 5.97 Å². The summed E-state index contributed by atoms with van der Waals surface area (Å²) in [6.45, 7) is 6.79. The van der Waals surface area contributed by atoms with Crippen LogP contribution in [0.2, 0.25) is 0 Å². The molecule has 2 spiro atoms. The fourth-order valence-corrected chi connectivity index (χ4v) is 8.25. The summed E-state index contributed by atoms with van der Waals surface area (Å²) in [5, 5.41) is 44.9. The van der Waals surface area contributed by atoms with Crippen LogP contribution in [-0.2, 0) is 19.1 Å². The molecule has 0 radical (unpaired) electrons. The second-order valence-electron chi connectivity index (χ2n) is 10.4. The maximum atomic E-state index is 13.6. The van der Waals surface area contributed by atoms with Gasteiger partial charge in [0.1, 0.15) is 17.6 Å². The fraction of sp³-hybridized carbons (Fsp3) is 0.818. The summed E-state index contributed by atoms with van der Waals surface area (Å²) >= 11 is 0. The molecule has 4 bridgehead atoms. The standard InChI is InChI=1S/C22H30O8/c1-10-12-4-5-13-20-9-29-22(28,21(13,16(10)25)17(12)26)18(27)15(20)19(3,8-23)7-6-14(20)30-11(2)24/h12-15,17-18,23,26-28H,1,4-9H2,2-3H3. The van der Waals surface area contributed by atoms with Crippen molar-refractivity contribution in [3.63, 3.8) is 0 Å². The molecular formula is C22H30O8. The van der Waals surface area contributed by atoms with Crippen molar-refractivity contribution in [1.29, 1.82) is 0 Å². The van der Waals surface area contributed by atoms with Crippen LogP contribution >= 0.6 is 0 Å². The van der Waals surface area contributed by atoms with Crippen LogP contribution in [0.25, 0.3) is 0 Å². The summed E-state index contributed by atoms with van der Waals surface area (Å²) < 4.78 is 11.6. The van der Waals surface area contributed by atoms with Crippen molar-refractivity contribution in [1.82, 2.24) is 0 Å². The average molecular weight is 422 g/mol. The Bertz CT molecular complexity index is 841. The fourth-order valence-electron chi connectivity index (χ4n) is 8.25. The number of aliphatic hydroxyl groups is 4. The number of carbonyl (C=O) groups is 2. The van der Waals surface area contributed by atoms with Crippen molar-refractivity contribution in [3.05, 3.63) is 12.2 Å². The van der Waals surface area contributed by atoms with Gasteiger partial charge in [-0.3, -0.25) is 9.59 Å². The predicted molar refractivity (Wildman–Crippen MR) is 102 cm³/mol. The summed E-state index contributed by atoms with van der Waals surface area (Å²) in [5.74, 6) is -5.00. The number of ether oxygens (including phenoxy) is 2. The molecule has 0 amide bonds. The number of rotatable bonds is 2. The van der Waals surface area contributed by atoms with Gasteiger partial charge in [0.25, 0.3) is 0 Å². The van der Waals surface area contributed by atoms with Gasteiger partial charge in [0.2, 0.25) is 5.79 Å². The Balaban J connectivity index is 1.79. The van der Waals surface area contributed by atoms with Gasteiger partial charge in [-0.05, 0) is 42.6 Å². The van der Waals surface area contributed by atoms with Crippen LogP contribution in [-0.4, -0.2) is 69.5 Å². The van der Waals surface area contributed by atoms with E-state index in [1.807, 2.05) is 6.92 Å². The van der Waals surface area contributed by atoms with E-state index in [1.165, 1.54) is 6.92 Å². The third kappa shape index (κ3) is 1.88. The van der Waals surface area contributed by atoms with Crippen LogP contribution in [0.1, 0.15) is 39.5 Å². The van der Waals surface area contributed by atoms with E-state index in [9.17, 15) is 30.0 Å². The molecule has 8 nitrogen and oxygen atoms in total. The van der Waals surface area contributed by atoms with Crippen molar-refractivity contribution in [2.75, 3.05) is 13.2 Å². The lowest BCUT2D eigenvalue weighted by atomic mass is 9.35. The monoisotopic (exact) mass is 422 g/mol. The molecule has 4 saturated carbocycles. The summed E-state index contributed by atoms with van der Waals surface area (Å²) in [7, 11) is 0. The number of esters is 1. The van der Waals surface area contributed by atoms with Gasteiger partial charge < -0.3 is 29.9 Å². The first-order valence-corrected chi connectivity index (χ1v) is 10.8. The molecule has 166 valence electrons. The number of fused-ring (bicyclic) bond motifs is 2. The number of ketones is 1. The molecule has 30 heavy (non-hydrogen) atoms. The summed E-state index contributed by atoms with van der Waals surface area (Å²) in [4.78, 5) is 25.5. The molecule has 0 aromatic rings. The van der Waals surface area contributed by atoms with Gasteiger partial charge in [-0.25, -0.2) is 0 Å². The Morgan fingerprint density at radius 2 is 1.97 bits per heavy atom. The van der Waals surface area contributed by atoms with E-state index in [-0.39, 0.29) is 18.8 Å². The van der Waals surface area contributed by atoms with Gasteiger partial charge in [-0.15, -0.1) is 0 Å². The van der Waals surface area contributed by atoms with Crippen molar-refractivity contribution in [2.45, 2.75) is 63.6 Å². The van der Waals surface area contributed by atoms with Crippen LogP contribution in [0.4, 0.5) is 0 Å². The number of Topliss-reactive ketones (excluding diaryl/α,β-unsaturated/α-hetero) is 1. The molecule has 2 aliphatic heterocycles. The highest BCUT2D eigenvalue weighted by atomic mass is 16.6. The quantitative estimate of drug-likeness (QED) is 0.359. The first-order valence-electron chi connectivity index (χ1n) is 10.8. The molecule has 6 rings (SSSR count). The highest BCUT2D eigenvalue weighted by Crippen LogP contribution is 2.76. The van der Waals surface area contributed by atoms with Crippen LogP contribution in [0.15, 0.2) is 12.2 Å². The van der Waals surface area contributed by atoms with Crippen molar-refractivity contribution in [2.24, 2.45) is 34.0 Å². The van der Waals surface area contributed by atoms with E-state index in [4.69, 9.17) is 9.47 Å². The Kier molecular flexibility index (Phi) is 4.06. The zero-order valence-electron chi connectivity index (χ0n) is 17.3. The molecule has 0 aromatic carbocycles. The minimum atomic E-state index is -2.30. The lowest BCUT2D eigenvalue weighted by molar-refractivity contribution is -0.459. The van der Waals surface area contributed by atoms with E-state index in [0.29, 0.717) is 25.7 Å². The Morgan fingerprint density at radius 1 is 1.27 bits per heavy atom. The third-order valence-electron chi connectivity index (χ3n) is 9.36.